The first kappa shape index (κ1) is 15.5. The van der Waals surface area contributed by atoms with E-state index in [2.05, 4.69) is 24.5 Å². The van der Waals surface area contributed by atoms with Gasteiger partial charge in [0.2, 0.25) is 0 Å². The van der Waals surface area contributed by atoms with Crippen LogP contribution in [0.4, 0.5) is 4.79 Å². The van der Waals surface area contributed by atoms with Gasteiger partial charge in [0.15, 0.2) is 0 Å². The van der Waals surface area contributed by atoms with Crippen molar-refractivity contribution >= 4 is 18.5 Å². The molecule has 0 aliphatic carbocycles. The van der Waals surface area contributed by atoms with Gasteiger partial charge in [0, 0.05) is 13.1 Å². The SMILES string of the molecule is CC(C)(C)OC(=O)N[C@@H]1CNCC1(C)C.Cl. The zero-order chi connectivity index (χ0) is 11.7. The van der Waals surface area contributed by atoms with Crippen LogP contribution in [-0.4, -0.2) is 30.8 Å². The van der Waals surface area contributed by atoms with Gasteiger partial charge in [-0.1, -0.05) is 13.8 Å². The van der Waals surface area contributed by atoms with Crippen molar-refractivity contribution < 1.29 is 9.53 Å². The summed E-state index contributed by atoms with van der Waals surface area (Å²) in [4.78, 5) is 11.5. The number of ether oxygens (including phenoxy) is 1. The molecule has 1 amide bonds. The van der Waals surface area contributed by atoms with Gasteiger partial charge < -0.3 is 15.4 Å². The summed E-state index contributed by atoms with van der Waals surface area (Å²) in [6.07, 6.45) is -0.329. The normalized spacial score (nSPS) is 23.4. The van der Waals surface area contributed by atoms with Gasteiger partial charge in [0.05, 0.1) is 6.04 Å². The second kappa shape index (κ2) is 5.23. The Hall–Kier alpha value is -0.480. The molecule has 0 saturated carbocycles. The third-order valence-electron chi connectivity index (χ3n) is 2.56. The third kappa shape index (κ3) is 4.58. The van der Waals surface area contributed by atoms with Crippen LogP contribution >= 0.6 is 12.4 Å². The summed E-state index contributed by atoms with van der Waals surface area (Å²) in [6, 6.07) is 0.146. The van der Waals surface area contributed by atoms with Gasteiger partial charge in [-0.05, 0) is 26.2 Å². The highest BCUT2D eigenvalue weighted by molar-refractivity contribution is 5.85. The second-order valence-corrected chi connectivity index (χ2v) is 5.82. The van der Waals surface area contributed by atoms with Crippen LogP contribution < -0.4 is 10.6 Å². The van der Waals surface area contributed by atoms with Gasteiger partial charge in [0.1, 0.15) is 5.60 Å². The number of alkyl carbamates (subject to hydrolysis) is 1. The molecule has 0 spiro atoms. The van der Waals surface area contributed by atoms with Crippen molar-refractivity contribution in [1.29, 1.82) is 0 Å². The highest BCUT2D eigenvalue weighted by Gasteiger charge is 2.36. The van der Waals surface area contributed by atoms with E-state index in [1.165, 1.54) is 0 Å². The summed E-state index contributed by atoms with van der Waals surface area (Å²) >= 11 is 0. The Morgan fingerprint density at radius 3 is 2.38 bits per heavy atom. The van der Waals surface area contributed by atoms with Crippen LogP contribution in [0.1, 0.15) is 34.6 Å². The molecule has 1 rings (SSSR count). The van der Waals surface area contributed by atoms with Gasteiger partial charge in [-0.15, -0.1) is 12.4 Å². The van der Waals surface area contributed by atoms with Crippen molar-refractivity contribution in [3.8, 4) is 0 Å². The number of rotatable bonds is 1. The fourth-order valence-corrected chi connectivity index (χ4v) is 1.63. The van der Waals surface area contributed by atoms with Crippen molar-refractivity contribution in [3.05, 3.63) is 0 Å². The lowest BCUT2D eigenvalue weighted by atomic mass is 9.88. The molecule has 1 atom stereocenters. The van der Waals surface area contributed by atoms with Crippen LogP contribution in [0.2, 0.25) is 0 Å². The van der Waals surface area contributed by atoms with Gasteiger partial charge >= 0.3 is 6.09 Å². The number of carbonyl (C=O) groups excluding carboxylic acids is 1. The number of halogens is 1. The third-order valence-corrected chi connectivity index (χ3v) is 2.56. The zero-order valence-electron chi connectivity index (χ0n) is 10.7. The topological polar surface area (TPSA) is 50.4 Å². The molecule has 16 heavy (non-hydrogen) atoms. The molecule has 0 radical (unpaired) electrons. The smallest absolute Gasteiger partial charge is 0.407 e. The quantitative estimate of drug-likeness (QED) is 0.748. The van der Waals surface area contributed by atoms with Crippen molar-refractivity contribution in [2.75, 3.05) is 13.1 Å². The Kier molecular flexibility index (Phi) is 5.08. The number of amides is 1. The highest BCUT2D eigenvalue weighted by Crippen LogP contribution is 2.24. The van der Waals surface area contributed by atoms with Crippen LogP contribution in [0.15, 0.2) is 0 Å². The lowest BCUT2D eigenvalue weighted by Crippen LogP contribution is -2.46. The molecule has 1 fully saturated rings. The maximum Gasteiger partial charge on any atom is 0.407 e. The van der Waals surface area contributed by atoms with E-state index in [4.69, 9.17) is 4.74 Å². The molecular formula is C11H23ClN2O2. The first-order valence-corrected chi connectivity index (χ1v) is 5.41. The van der Waals surface area contributed by atoms with Crippen LogP contribution in [0.5, 0.6) is 0 Å². The summed E-state index contributed by atoms with van der Waals surface area (Å²) in [5.41, 5.74) is -0.336. The van der Waals surface area contributed by atoms with E-state index in [1.807, 2.05) is 20.8 Å². The van der Waals surface area contributed by atoms with Gasteiger partial charge in [-0.25, -0.2) is 4.79 Å². The molecule has 1 aliphatic rings. The van der Waals surface area contributed by atoms with Crippen LogP contribution in [0, 0.1) is 5.41 Å². The van der Waals surface area contributed by atoms with Crippen LogP contribution in [-0.2, 0) is 4.74 Å². The summed E-state index contributed by atoms with van der Waals surface area (Å²) in [5.74, 6) is 0. The standard InChI is InChI=1S/C11H22N2O2.ClH/c1-10(2,3)15-9(14)13-8-6-12-7-11(8,4)5;/h8,12H,6-7H2,1-5H3,(H,13,14);1H/t8-;/m1./s1. The van der Waals surface area contributed by atoms with Crippen LogP contribution in [0.25, 0.3) is 0 Å². The maximum absolute atomic E-state index is 11.5. The van der Waals surface area contributed by atoms with Gasteiger partial charge in [-0.3, -0.25) is 0 Å². The number of carbonyl (C=O) groups is 1. The summed E-state index contributed by atoms with van der Waals surface area (Å²) in [6.45, 7) is 11.6. The molecule has 0 aromatic rings. The molecule has 5 heteroatoms. The van der Waals surface area contributed by atoms with Crippen molar-refractivity contribution in [2.45, 2.75) is 46.3 Å². The van der Waals surface area contributed by atoms with Crippen LogP contribution in [0.3, 0.4) is 0 Å². The molecule has 0 bridgehead atoms. The predicted molar refractivity (Wildman–Crippen MR) is 67.1 cm³/mol. The second-order valence-electron chi connectivity index (χ2n) is 5.82. The predicted octanol–water partition coefficient (Wildman–Crippen LogP) is 1.93. The fraction of sp³-hybridized carbons (Fsp3) is 0.909. The Balaban J connectivity index is 0.00000225. The van der Waals surface area contributed by atoms with E-state index >= 15 is 0 Å². The van der Waals surface area contributed by atoms with Crippen molar-refractivity contribution in [1.82, 2.24) is 10.6 Å². The van der Waals surface area contributed by atoms with E-state index < -0.39 is 5.60 Å². The minimum atomic E-state index is -0.430. The molecule has 96 valence electrons. The largest absolute Gasteiger partial charge is 0.444 e. The zero-order valence-corrected chi connectivity index (χ0v) is 11.5. The molecule has 1 aliphatic heterocycles. The number of nitrogens with one attached hydrogen (secondary N) is 2. The van der Waals surface area contributed by atoms with E-state index in [-0.39, 0.29) is 30.0 Å². The Morgan fingerprint density at radius 2 is 2.00 bits per heavy atom. The van der Waals surface area contributed by atoms with Crippen molar-refractivity contribution in [2.24, 2.45) is 5.41 Å². The van der Waals surface area contributed by atoms with Crippen molar-refractivity contribution in [3.63, 3.8) is 0 Å². The Labute approximate surface area is 104 Å². The minimum absolute atomic E-state index is 0. The molecule has 4 nitrogen and oxygen atoms in total. The monoisotopic (exact) mass is 250 g/mol. The van der Waals surface area contributed by atoms with E-state index in [1.54, 1.807) is 0 Å². The summed E-state index contributed by atoms with van der Waals surface area (Å²) in [7, 11) is 0. The average Bonchev–Trinajstić information content (AvgIpc) is 2.26. The van der Waals surface area contributed by atoms with E-state index in [9.17, 15) is 4.79 Å². The molecule has 1 heterocycles. The molecule has 0 aromatic heterocycles. The van der Waals surface area contributed by atoms with E-state index in [0.717, 1.165) is 13.1 Å². The summed E-state index contributed by atoms with van der Waals surface area (Å²) < 4.78 is 5.22. The van der Waals surface area contributed by atoms with E-state index in [0.29, 0.717) is 0 Å². The first-order valence-electron chi connectivity index (χ1n) is 5.41. The molecule has 0 aromatic carbocycles. The molecule has 2 N–H and O–H groups in total. The Bertz CT molecular complexity index is 249. The lowest BCUT2D eigenvalue weighted by Gasteiger charge is -2.28. The number of hydrogen-bond acceptors (Lipinski definition) is 3. The lowest BCUT2D eigenvalue weighted by molar-refractivity contribution is 0.0480. The first-order chi connectivity index (χ1) is 6.71. The molecular weight excluding hydrogens is 228 g/mol. The molecule has 1 saturated heterocycles. The average molecular weight is 251 g/mol. The summed E-state index contributed by atoms with van der Waals surface area (Å²) in [5, 5.41) is 6.16. The molecule has 0 unspecified atom stereocenters. The highest BCUT2D eigenvalue weighted by atomic mass is 35.5. The Morgan fingerprint density at radius 1 is 1.44 bits per heavy atom. The van der Waals surface area contributed by atoms with Gasteiger partial charge in [-0.2, -0.15) is 0 Å². The van der Waals surface area contributed by atoms with Gasteiger partial charge in [0.25, 0.3) is 0 Å². The fourth-order valence-electron chi connectivity index (χ4n) is 1.63. The maximum atomic E-state index is 11.5. The number of hydrogen-bond donors (Lipinski definition) is 2. The minimum Gasteiger partial charge on any atom is -0.444 e.